The van der Waals surface area contributed by atoms with Gasteiger partial charge in [0.1, 0.15) is 0 Å². The Bertz CT molecular complexity index is 420. The molecule has 6 nitrogen and oxygen atoms in total. The normalized spacial score (nSPS) is 10.8. The summed E-state index contributed by atoms with van der Waals surface area (Å²) in [7, 11) is 0. The molecule has 0 heterocycles. The molecular weight excluding hydrogens is 220 g/mol. The fraction of sp³-hybridized carbons (Fsp3) is 0.273. The Labute approximate surface area is 99.4 Å². The first-order chi connectivity index (χ1) is 7.79. The Morgan fingerprint density at radius 3 is 1.82 bits per heavy atom. The molecule has 6 N–H and O–H groups in total. The highest BCUT2D eigenvalue weighted by atomic mass is 16.2. The van der Waals surface area contributed by atoms with Crippen LogP contribution in [0.4, 0.5) is 16.2 Å². The third-order valence-electron chi connectivity index (χ3n) is 2.00. The molecule has 0 aliphatic rings. The van der Waals surface area contributed by atoms with Crippen molar-refractivity contribution in [3.63, 3.8) is 0 Å². The first-order valence-corrected chi connectivity index (χ1v) is 5.06. The third-order valence-corrected chi connectivity index (χ3v) is 2.00. The molecule has 0 aliphatic carbocycles. The van der Waals surface area contributed by atoms with Gasteiger partial charge in [-0.15, -0.1) is 0 Å². The largest absolute Gasteiger partial charge is 0.351 e. The molecule has 92 valence electrons. The summed E-state index contributed by atoms with van der Waals surface area (Å²) >= 11 is 0. The molecule has 17 heavy (non-hydrogen) atoms. The van der Waals surface area contributed by atoms with Crippen LogP contribution in [0.5, 0.6) is 0 Å². The van der Waals surface area contributed by atoms with Crippen molar-refractivity contribution < 1.29 is 9.59 Å². The highest BCUT2D eigenvalue weighted by Gasteiger charge is 2.21. The Morgan fingerprint density at radius 1 is 1.06 bits per heavy atom. The number of hydrogen-bond donors (Lipinski definition) is 4. The van der Waals surface area contributed by atoms with Crippen LogP contribution in [-0.2, 0) is 4.79 Å². The van der Waals surface area contributed by atoms with Crippen molar-refractivity contribution in [1.82, 2.24) is 0 Å². The van der Waals surface area contributed by atoms with Crippen molar-refractivity contribution in [3.05, 3.63) is 24.3 Å². The molecule has 6 heteroatoms. The van der Waals surface area contributed by atoms with E-state index in [1.807, 2.05) is 0 Å². The summed E-state index contributed by atoms with van der Waals surface area (Å²) < 4.78 is 0. The lowest BCUT2D eigenvalue weighted by Crippen LogP contribution is -2.45. The van der Waals surface area contributed by atoms with Crippen LogP contribution < -0.4 is 22.1 Å². The Kier molecular flexibility index (Phi) is 3.69. The summed E-state index contributed by atoms with van der Waals surface area (Å²) in [5.74, 6) is -0.284. The second-order valence-corrected chi connectivity index (χ2v) is 4.24. The molecule has 0 bridgehead atoms. The molecule has 1 aromatic rings. The van der Waals surface area contributed by atoms with Gasteiger partial charge in [0.2, 0.25) is 5.91 Å². The van der Waals surface area contributed by atoms with Crippen LogP contribution in [0.25, 0.3) is 0 Å². The molecule has 0 saturated heterocycles. The van der Waals surface area contributed by atoms with Gasteiger partial charge in [0.25, 0.3) is 0 Å². The number of hydrogen-bond acceptors (Lipinski definition) is 3. The zero-order valence-electron chi connectivity index (χ0n) is 9.78. The second kappa shape index (κ2) is 4.84. The number of primary amides is 1. The van der Waals surface area contributed by atoms with E-state index in [9.17, 15) is 9.59 Å². The van der Waals surface area contributed by atoms with Crippen molar-refractivity contribution in [1.29, 1.82) is 0 Å². The topological polar surface area (TPSA) is 110 Å². The molecule has 0 atom stereocenters. The minimum absolute atomic E-state index is 0.284. The minimum atomic E-state index is -0.940. The monoisotopic (exact) mass is 236 g/mol. The van der Waals surface area contributed by atoms with Crippen LogP contribution in [0.15, 0.2) is 24.3 Å². The highest BCUT2D eigenvalue weighted by Crippen LogP contribution is 2.14. The van der Waals surface area contributed by atoms with E-state index in [0.29, 0.717) is 11.4 Å². The molecular formula is C11H16N4O2. The first kappa shape index (κ1) is 13.0. The number of nitrogens with two attached hydrogens (primary N) is 2. The zero-order chi connectivity index (χ0) is 13.1. The molecule has 0 aliphatic heterocycles. The molecule has 0 unspecified atom stereocenters. The van der Waals surface area contributed by atoms with Gasteiger partial charge in [0.15, 0.2) is 0 Å². The highest BCUT2D eigenvalue weighted by molar-refractivity contribution is 5.97. The van der Waals surface area contributed by atoms with Crippen molar-refractivity contribution in [2.45, 2.75) is 19.4 Å². The van der Waals surface area contributed by atoms with Gasteiger partial charge in [-0.3, -0.25) is 4.79 Å². The van der Waals surface area contributed by atoms with Gasteiger partial charge in [-0.2, -0.15) is 0 Å². The van der Waals surface area contributed by atoms with E-state index < -0.39 is 11.6 Å². The SMILES string of the molecule is CC(C)(N)C(=O)Nc1ccc(NC(N)=O)cc1. The van der Waals surface area contributed by atoms with Crippen molar-refractivity contribution >= 4 is 23.3 Å². The number of benzene rings is 1. The number of amides is 3. The van der Waals surface area contributed by atoms with Gasteiger partial charge >= 0.3 is 6.03 Å². The van der Waals surface area contributed by atoms with Gasteiger partial charge < -0.3 is 22.1 Å². The summed E-state index contributed by atoms with van der Waals surface area (Å²) in [6.45, 7) is 3.23. The number of nitrogens with one attached hydrogen (secondary N) is 2. The summed E-state index contributed by atoms with van der Waals surface area (Å²) in [5, 5.41) is 5.07. The van der Waals surface area contributed by atoms with Crippen LogP contribution in [0, 0.1) is 0 Å². The summed E-state index contributed by atoms with van der Waals surface area (Å²) in [5.41, 5.74) is 10.8. The van der Waals surface area contributed by atoms with Crippen LogP contribution >= 0.6 is 0 Å². The number of anilines is 2. The minimum Gasteiger partial charge on any atom is -0.351 e. The smallest absolute Gasteiger partial charge is 0.316 e. The van der Waals surface area contributed by atoms with Crippen LogP contribution in [0.2, 0.25) is 0 Å². The number of carbonyl (C=O) groups excluding carboxylic acids is 2. The van der Waals surface area contributed by atoms with Crippen molar-refractivity contribution in [2.75, 3.05) is 10.6 Å². The van der Waals surface area contributed by atoms with E-state index >= 15 is 0 Å². The fourth-order valence-corrected chi connectivity index (χ4v) is 1.07. The molecule has 1 aromatic carbocycles. The van der Waals surface area contributed by atoms with Crippen LogP contribution in [-0.4, -0.2) is 17.5 Å². The van der Waals surface area contributed by atoms with E-state index in [0.717, 1.165) is 0 Å². The van der Waals surface area contributed by atoms with Crippen molar-refractivity contribution in [3.8, 4) is 0 Å². The summed E-state index contributed by atoms with van der Waals surface area (Å²) in [6.07, 6.45) is 0. The predicted molar refractivity (Wildman–Crippen MR) is 66.5 cm³/mol. The number of rotatable bonds is 3. The molecule has 0 spiro atoms. The predicted octanol–water partition coefficient (Wildman–Crippen LogP) is 0.853. The standard InChI is InChI=1S/C11H16N4O2/c1-11(2,13)9(16)14-7-3-5-8(6-4-7)15-10(12)17/h3-6H,13H2,1-2H3,(H,14,16)(H3,12,15,17). The van der Waals surface area contributed by atoms with E-state index in [1.54, 1.807) is 38.1 Å². The van der Waals surface area contributed by atoms with Gasteiger partial charge in [0.05, 0.1) is 5.54 Å². The molecule has 0 radical (unpaired) electrons. The molecule has 0 fully saturated rings. The average Bonchev–Trinajstić information content (AvgIpc) is 2.18. The summed E-state index contributed by atoms with van der Waals surface area (Å²) in [6, 6.07) is 5.92. The van der Waals surface area contributed by atoms with Gasteiger partial charge in [-0.25, -0.2) is 4.79 Å². The fourth-order valence-electron chi connectivity index (χ4n) is 1.07. The van der Waals surface area contributed by atoms with Crippen LogP contribution in [0.3, 0.4) is 0 Å². The van der Waals surface area contributed by atoms with Gasteiger partial charge in [-0.05, 0) is 38.1 Å². The third kappa shape index (κ3) is 4.12. The van der Waals surface area contributed by atoms with Gasteiger partial charge in [-0.1, -0.05) is 0 Å². The van der Waals surface area contributed by atoms with E-state index in [2.05, 4.69) is 10.6 Å². The quantitative estimate of drug-likeness (QED) is 0.624. The van der Waals surface area contributed by atoms with Gasteiger partial charge in [0, 0.05) is 11.4 Å². The van der Waals surface area contributed by atoms with Crippen LogP contribution in [0.1, 0.15) is 13.8 Å². The van der Waals surface area contributed by atoms with Crippen molar-refractivity contribution in [2.24, 2.45) is 11.5 Å². The van der Waals surface area contributed by atoms with E-state index in [1.165, 1.54) is 0 Å². The second-order valence-electron chi connectivity index (χ2n) is 4.24. The summed E-state index contributed by atoms with van der Waals surface area (Å²) in [4.78, 5) is 22.2. The molecule has 1 rings (SSSR count). The van der Waals surface area contributed by atoms with E-state index in [4.69, 9.17) is 11.5 Å². The Hall–Kier alpha value is -2.08. The average molecular weight is 236 g/mol. The maximum Gasteiger partial charge on any atom is 0.316 e. The lowest BCUT2D eigenvalue weighted by Gasteiger charge is -2.17. The molecule has 0 saturated carbocycles. The maximum absolute atomic E-state index is 11.6. The molecule has 3 amide bonds. The first-order valence-electron chi connectivity index (χ1n) is 5.06. The van der Waals surface area contributed by atoms with E-state index in [-0.39, 0.29) is 5.91 Å². The lowest BCUT2D eigenvalue weighted by atomic mass is 10.1. The maximum atomic E-state index is 11.6. The number of urea groups is 1. The molecule has 0 aromatic heterocycles. The number of carbonyl (C=O) groups is 2. The Morgan fingerprint density at radius 2 is 1.47 bits per heavy atom. The zero-order valence-corrected chi connectivity index (χ0v) is 9.78. The lowest BCUT2D eigenvalue weighted by molar-refractivity contribution is -0.120. The Balaban J connectivity index is 2.69.